The third-order valence-electron chi connectivity index (χ3n) is 2.46. The van der Waals surface area contributed by atoms with Crippen LogP contribution < -0.4 is 0 Å². The van der Waals surface area contributed by atoms with Crippen molar-refractivity contribution >= 4 is 5.91 Å². The Balaban J connectivity index is 2.37. The molecule has 1 aliphatic rings. The monoisotopic (exact) mass is 181 g/mol. The van der Waals surface area contributed by atoms with Gasteiger partial charge in [0.05, 0.1) is 5.69 Å². The van der Waals surface area contributed by atoms with Crippen molar-refractivity contribution in [3.8, 4) is 0 Å². The highest BCUT2D eigenvalue weighted by atomic mass is 16.3. The average molecular weight is 181 g/mol. The van der Waals surface area contributed by atoms with Crippen LogP contribution >= 0.6 is 0 Å². The lowest BCUT2D eigenvalue weighted by Crippen LogP contribution is -2.36. The first-order valence-corrected chi connectivity index (χ1v) is 4.12. The van der Waals surface area contributed by atoms with E-state index in [0.29, 0.717) is 18.7 Å². The Hall–Kier alpha value is -1.36. The van der Waals surface area contributed by atoms with Crippen LogP contribution in [-0.2, 0) is 10.4 Å². The van der Waals surface area contributed by atoms with Gasteiger partial charge in [0.25, 0.3) is 5.91 Å². The van der Waals surface area contributed by atoms with Crippen LogP contribution in [-0.4, -0.2) is 39.7 Å². The zero-order valence-electron chi connectivity index (χ0n) is 7.32. The second-order valence-electron chi connectivity index (χ2n) is 3.31. The zero-order chi connectivity index (χ0) is 9.47. The van der Waals surface area contributed by atoms with E-state index in [2.05, 4.69) is 10.2 Å². The van der Waals surface area contributed by atoms with Crippen molar-refractivity contribution in [1.82, 2.24) is 15.1 Å². The molecular weight excluding hydrogens is 170 g/mol. The fourth-order valence-corrected chi connectivity index (χ4v) is 1.59. The lowest BCUT2D eigenvalue weighted by atomic mass is 9.98. The van der Waals surface area contributed by atoms with Gasteiger partial charge in [-0.05, 0) is 6.07 Å². The molecule has 0 aromatic carbocycles. The van der Waals surface area contributed by atoms with E-state index in [1.807, 2.05) is 0 Å². The maximum Gasteiger partial charge on any atom is 0.260 e. The summed E-state index contributed by atoms with van der Waals surface area (Å²) in [6, 6.07) is 1.62. The normalized spacial score (nSPS) is 28.5. The van der Waals surface area contributed by atoms with Crippen LogP contribution in [0, 0.1) is 0 Å². The highest BCUT2D eigenvalue weighted by molar-refractivity contribution is 5.87. The minimum absolute atomic E-state index is 0.267. The smallest absolute Gasteiger partial charge is 0.260 e. The van der Waals surface area contributed by atoms with E-state index in [-0.39, 0.29) is 5.91 Å². The number of aromatic nitrogens is 2. The minimum Gasteiger partial charge on any atom is -0.374 e. The third-order valence-corrected chi connectivity index (χ3v) is 2.46. The summed E-state index contributed by atoms with van der Waals surface area (Å²) in [7, 11) is 1.68. The highest BCUT2D eigenvalue weighted by Crippen LogP contribution is 2.30. The molecule has 1 amide bonds. The van der Waals surface area contributed by atoms with Gasteiger partial charge in [-0.15, -0.1) is 0 Å². The number of carbonyl (C=O) groups excluding carboxylic acids is 1. The summed E-state index contributed by atoms with van der Waals surface area (Å²) in [6.07, 6.45) is 1.95. The molecule has 2 heterocycles. The summed E-state index contributed by atoms with van der Waals surface area (Å²) < 4.78 is 0. The molecule has 2 N–H and O–H groups in total. The maximum atomic E-state index is 11.6. The van der Waals surface area contributed by atoms with Crippen molar-refractivity contribution < 1.29 is 9.90 Å². The predicted molar refractivity (Wildman–Crippen MR) is 44.7 cm³/mol. The van der Waals surface area contributed by atoms with Gasteiger partial charge in [0.15, 0.2) is 5.60 Å². The van der Waals surface area contributed by atoms with Crippen LogP contribution in [0.15, 0.2) is 12.3 Å². The minimum atomic E-state index is -1.38. The van der Waals surface area contributed by atoms with Crippen LogP contribution in [0.5, 0.6) is 0 Å². The topological polar surface area (TPSA) is 69.2 Å². The number of aliphatic hydroxyl groups is 1. The average Bonchev–Trinajstić information content (AvgIpc) is 2.71. The van der Waals surface area contributed by atoms with E-state index in [1.165, 1.54) is 11.1 Å². The predicted octanol–water partition coefficient (Wildman–Crippen LogP) is -0.541. The fourth-order valence-electron chi connectivity index (χ4n) is 1.59. The first-order valence-electron chi connectivity index (χ1n) is 4.12. The molecule has 2 rings (SSSR count). The van der Waals surface area contributed by atoms with Crippen molar-refractivity contribution in [2.24, 2.45) is 0 Å². The molecule has 0 saturated carbocycles. The number of H-pyrrole nitrogens is 1. The van der Waals surface area contributed by atoms with Crippen molar-refractivity contribution in [2.45, 2.75) is 12.0 Å². The number of hydrogen-bond donors (Lipinski definition) is 2. The lowest BCUT2D eigenvalue weighted by Gasteiger charge is -2.18. The molecule has 1 saturated heterocycles. The molecule has 1 aromatic rings. The number of hydrogen-bond acceptors (Lipinski definition) is 3. The van der Waals surface area contributed by atoms with Crippen molar-refractivity contribution in [3.63, 3.8) is 0 Å². The van der Waals surface area contributed by atoms with Gasteiger partial charge in [0.1, 0.15) is 0 Å². The second-order valence-corrected chi connectivity index (χ2v) is 3.31. The molecule has 0 spiro atoms. The number of likely N-dealkylation sites (tertiary alicyclic amines) is 1. The molecule has 1 aliphatic heterocycles. The Labute approximate surface area is 75.4 Å². The first-order chi connectivity index (χ1) is 6.14. The van der Waals surface area contributed by atoms with Crippen LogP contribution in [0.3, 0.4) is 0 Å². The van der Waals surface area contributed by atoms with Crippen molar-refractivity contribution in [2.75, 3.05) is 13.6 Å². The van der Waals surface area contributed by atoms with Crippen LogP contribution in [0.2, 0.25) is 0 Å². The molecule has 5 heteroatoms. The molecule has 1 fully saturated rings. The number of nitrogens with zero attached hydrogens (tertiary/aromatic N) is 2. The molecule has 1 unspecified atom stereocenters. The van der Waals surface area contributed by atoms with Crippen LogP contribution in [0.25, 0.3) is 0 Å². The van der Waals surface area contributed by atoms with Gasteiger partial charge in [0.2, 0.25) is 0 Å². The maximum absolute atomic E-state index is 11.6. The molecule has 0 aliphatic carbocycles. The van der Waals surface area contributed by atoms with Crippen LogP contribution in [0.1, 0.15) is 12.1 Å². The van der Waals surface area contributed by atoms with Crippen molar-refractivity contribution in [1.29, 1.82) is 0 Å². The number of rotatable bonds is 1. The van der Waals surface area contributed by atoms with E-state index >= 15 is 0 Å². The van der Waals surface area contributed by atoms with E-state index < -0.39 is 5.60 Å². The standard InChI is InChI=1S/C8H11N3O2/c1-11-5-3-8(13,7(11)12)6-2-4-9-10-6/h2,4,13H,3,5H2,1H3,(H,9,10). The molecule has 1 aromatic heterocycles. The summed E-state index contributed by atoms with van der Waals surface area (Å²) in [5.41, 5.74) is -0.910. The van der Waals surface area contributed by atoms with Gasteiger partial charge >= 0.3 is 0 Å². The van der Waals surface area contributed by atoms with E-state index in [1.54, 1.807) is 13.1 Å². The third kappa shape index (κ3) is 1.04. The van der Waals surface area contributed by atoms with Gasteiger partial charge in [0, 0.05) is 26.2 Å². The van der Waals surface area contributed by atoms with Gasteiger partial charge < -0.3 is 10.0 Å². The van der Waals surface area contributed by atoms with E-state index in [0.717, 1.165) is 0 Å². The summed E-state index contributed by atoms with van der Waals surface area (Å²) >= 11 is 0. The molecular formula is C8H11N3O2. The Bertz CT molecular complexity index is 322. The Kier molecular flexibility index (Phi) is 1.63. The summed E-state index contributed by atoms with van der Waals surface area (Å²) in [4.78, 5) is 13.1. The van der Waals surface area contributed by atoms with Crippen LogP contribution in [0.4, 0.5) is 0 Å². The van der Waals surface area contributed by atoms with Gasteiger partial charge in [-0.3, -0.25) is 9.89 Å². The highest BCUT2D eigenvalue weighted by Gasteiger charge is 2.46. The first kappa shape index (κ1) is 8.25. The zero-order valence-corrected chi connectivity index (χ0v) is 7.32. The van der Waals surface area contributed by atoms with Gasteiger partial charge in [-0.1, -0.05) is 0 Å². The summed E-state index contributed by atoms with van der Waals surface area (Å²) in [6.45, 7) is 0.578. The second kappa shape index (κ2) is 2.56. The fraction of sp³-hybridized carbons (Fsp3) is 0.500. The molecule has 1 atom stereocenters. The van der Waals surface area contributed by atoms with E-state index in [4.69, 9.17) is 0 Å². The Morgan fingerprint density at radius 3 is 3.00 bits per heavy atom. The number of amides is 1. The lowest BCUT2D eigenvalue weighted by molar-refractivity contribution is -0.143. The quantitative estimate of drug-likeness (QED) is 0.611. The number of carbonyl (C=O) groups is 1. The summed E-state index contributed by atoms with van der Waals surface area (Å²) in [5.74, 6) is -0.267. The Morgan fingerprint density at radius 1 is 1.77 bits per heavy atom. The summed E-state index contributed by atoms with van der Waals surface area (Å²) in [5, 5.41) is 16.4. The number of nitrogens with one attached hydrogen (secondary N) is 1. The molecule has 70 valence electrons. The molecule has 0 bridgehead atoms. The SMILES string of the molecule is CN1CCC(O)(c2ccn[nH]2)C1=O. The van der Waals surface area contributed by atoms with Gasteiger partial charge in [-0.25, -0.2) is 0 Å². The molecule has 13 heavy (non-hydrogen) atoms. The van der Waals surface area contributed by atoms with Crippen molar-refractivity contribution in [3.05, 3.63) is 18.0 Å². The molecule has 0 radical (unpaired) electrons. The largest absolute Gasteiger partial charge is 0.374 e. The number of likely N-dealkylation sites (N-methyl/N-ethyl adjacent to an activating group) is 1. The van der Waals surface area contributed by atoms with E-state index in [9.17, 15) is 9.90 Å². The Morgan fingerprint density at radius 2 is 2.54 bits per heavy atom. The number of aromatic amines is 1. The van der Waals surface area contributed by atoms with Gasteiger partial charge in [-0.2, -0.15) is 5.10 Å². The molecule has 5 nitrogen and oxygen atoms in total.